The zero-order valence-electron chi connectivity index (χ0n) is 13.1. The minimum Gasteiger partial charge on any atom is -0.476 e. The molecule has 1 aliphatic heterocycles. The zero-order valence-corrected chi connectivity index (χ0v) is 13.1. The van der Waals surface area contributed by atoms with Crippen LogP contribution in [0.3, 0.4) is 0 Å². The molecule has 1 fully saturated rings. The number of benzene rings is 1. The summed E-state index contributed by atoms with van der Waals surface area (Å²) in [5.74, 6) is 1.24. The molecule has 22 heavy (non-hydrogen) atoms. The van der Waals surface area contributed by atoms with E-state index in [4.69, 9.17) is 4.74 Å². The van der Waals surface area contributed by atoms with E-state index in [0.29, 0.717) is 17.8 Å². The van der Waals surface area contributed by atoms with Crippen molar-refractivity contribution in [3.63, 3.8) is 0 Å². The third-order valence-electron chi connectivity index (χ3n) is 4.49. The Balaban J connectivity index is 1.46. The molecule has 2 aromatic rings. The second-order valence-corrected chi connectivity index (χ2v) is 5.92. The van der Waals surface area contributed by atoms with Crippen LogP contribution in [-0.2, 0) is 0 Å². The Morgan fingerprint density at radius 2 is 1.95 bits per heavy atom. The Morgan fingerprint density at radius 3 is 2.64 bits per heavy atom. The van der Waals surface area contributed by atoms with Crippen molar-refractivity contribution >= 4 is 0 Å². The number of aromatic nitrogens is 2. The van der Waals surface area contributed by atoms with Gasteiger partial charge in [0.15, 0.2) is 0 Å². The number of rotatable bonds is 5. The highest BCUT2D eigenvalue weighted by Crippen LogP contribution is 2.26. The van der Waals surface area contributed by atoms with Gasteiger partial charge in [0.1, 0.15) is 0 Å². The van der Waals surface area contributed by atoms with Crippen molar-refractivity contribution in [2.75, 3.05) is 19.7 Å². The van der Waals surface area contributed by atoms with E-state index >= 15 is 0 Å². The molecule has 4 nitrogen and oxygen atoms in total. The van der Waals surface area contributed by atoms with Crippen molar-refractivity contribution in [2.45, 2.75) is 25.8 Å². The van der Waals surface area contributed by atoms with E-state index in [2.05, 4.69) is 52.1 Å². The summed E-state index contributed by atoms with van der Waals surface area (Å²) in [5, 5.41) is 0. The fourth-order valence-corrected chi connectivity index (χ4v) is 3.01. The maximum absolute atomic E-state index is 5.73. The van der Waals surface area contributed by atoms with Crippen molar-refractivity contribution in [3.8, 4) is 5.88 Å². The largest absolute Gasteiger partial charge is 0.476 e. The maximum atomic E-state index is 5.73. The van der Waals surface area contributed by atoms with Crippen molar-refractivity contribution in [2.24, 2.45) is 5.92 Å². The Labute approximate surface area is 132 Å². The Hall–Kier alpha value is -1.94. The van der Waals surface area contributed by atoms with Crippen LogP contribution in [0.5, 0.6) is 5.88 Å². The smallest absolute Gasteiger partial charge is 0.232 e. The monoisotopic (exact) mass is 297 g/mol. The van der Waals surface area contributed by atoms with Crippen molar-refractivity contribution < 1.29 is 4.74 Å². The number of ether oxygens (including phenoxy) is 1. The summed E-state index contributed by atoms with van der Waals surface area (Å²) in [6, 6.07) is 11.2. The van der Waals surface area contributed by atoms with Crippen LogP contribution in [0.2, 0.25) is 0 Å². The Bertz CT molecular complexity index is 553. The molecule has 1 aromatic heterocycles. The lowest BCUT2D eigenvalue weighted by Gasteiger charge is -2.36. The fourth-order valence-electron chi connectivity index (χ4n) is 3.01. The van der Waals surface area contributed by atoms with E-state index in [-0.39, 0.29) is 0 Å². The van der Waals surface area contributed by atoms with E-state index in [1.165, 1.54) is 18.4 Å². The summed E-state index contributed by atoms with van der Waals surface area (Å²) in [4.78, 5) is 10.7. The molecule has 3 rings (SSSR count). The molecule has 116 valence electrons. The average molecular weight is 297 g/mol. The molecule has 0 bridgehead atoms. The molecular weight excluding hydrogens is 274 g/mol. The van der Waals surface area contributed by atoms with Crippen LogP contribution in [0.15, 0.2) is 48.9 Å². The number of nitrogens with zero attached hydrogens (tertiary/aromatic N) is 3. The van der Waals surface area contributed by atoms with Gasteiger partial charge in [0.05, 0.1) is 12.8 Å². The van der Waals surface area contributed by atoms with Crippen LogP contribution >= 0.6 is 0 Å². The molecule has 1 saturated heterocycles. The SMILES string of the molecule is CC(c1ccccc1)N1CCC(COc2cnccn2)CC1. The van der Waals surface area contributed by atoms with Gasteiger partial charge >= 0.3 is 0 Å². The molecule has 0 radical (unpaired) electrons. The summed E-state index contributed by atoms with van der Waals surface area (Å²) >= 11 is 0. The first-order valence-electron chi connectivity index (χ1n) is 8.01. The van der Waals surface area contributed by atoms with Gasteiger partial charge in [-0.2, -0.15) is 0 Å². The van der Waals surface area contributed by atoms with Gasteiger partial charge in [-0.3, -0.25) is 9.88 Å². The summed E-state index contributed by atoms with van der Waals surface area (Å²) in [6.45, 7) is 5.30. The van der Waals surface area contributed by atoms with Crippen LogP contribution in [-0.4, -0.2) is 34.6 Å². The van der Waals surface area contributed by atoms with Gasteiger partial charge in [-0.15, -0.1) is 0 Å². The number of likely N-dealkylation sites (tertiary alicyclic amines) is 1. The van der Waals surface area contributed by atoms with Gasteiger partial charge in [-0.25, -0.2) is 4.98 Å². The topological polar surface area (TPSA) is 38.2 Å². The quantitative estimate of drug-likeness (QED) is 0.848. The molecule has 0 spiro atoms. The van der Waals surface area contributed by atoms with Crippen LogP contribution in [0.4, 0.5) is 0 Å². The van der Waals surface area contributed by atoms with Gasteiger partial charge < -0.3 is 4.74 Å². The molecule has 4 heteroatoms. The first-order valence-corrected chi connectivity index (χ1v) is 8.01. The van der Waals surface area contributed by atoms with Gasteiger partial charge in [0.25, 0.3) is 0 Å². The van der Waals surface area contributed by atoms with Gasteiger partial charge in [0.2, 0.25) is 5.88 Å². The van der Waals surface area contributed by atoms with Crippen LogP contribution < -0.4 is 4.74 Å². The minimum absolute atomic E-state index is 0.489. The maximum Gasteiger partial charge on any atom is 0.232 e. The van der Waals surface area contributed by atoms with Crippen LogP contribution in [0.1, 0.15) is 31.4 Å². The fraction of sp³-hybridized carbons (Fsp3) is 0.444. The van der Waals surface area contributed by atoms with E-state index in [0.717, 1.165) is 19.7 Å². The summed E-state index contributed by atoms with van der Waals surface area (Å²) in [6.07, 6.45) is 7.36. The molecule has 2 heterocycles. The summed E-state index contributed by atoms with van der Waals surface area (Å²) < 4.78 is 5.73. The first-order chi connectivity index (χ1) is 10.8. The predicted octanol–water partition coefficient (Wildman–Crippen LogP) is 3.33. The van der Waals surface area contributed by atoms with Gasteiger partial charge in [0, 0.05) is 18.4 Å². The Kier molecular flexibility index (Phi) is 5.01. The molecule has 1 unspecified atom stereocenters. The molecule has 0 N–H and O–H groups in total. The zero-order chi connectivity index (χ0) is 15.2. The number of piperidine rings is 1. The van der Waals surface area contributed by atoms with Gasteiger partial charge in [-0.05, 0) is 44.3 Å². The molecular formula is C18H23N3O. The highest BCUT2D eigenvalue weighted by atomic mass is 16.5. The lowest BCUT2D eigenvalue weighted by Crippen LogP contribution is -2.37. The number of hydrogen-bond acceptors (Lipinski definition) is 4. The molecule has 0 amide bonds. The van der Waals surface area contributed by atoms with E-state index in [1.54, 1.807) is 18.6 Å². The molecule has 0 saturated carbocycles. The second kappa shape index (κ2) is 7.36. The average Bonchev–Trinajstić information content (AvgIpc) is 2.61. The second-order valence-electron chi connectivity index (χ2n) is 5.92. The highest BCUT2D eigenvalue weighted by Gasteiger charge is 2.23. The van der Waals surface area contributed by atoms with Crippen molar-refractivity contribution in [1.82, 2.24) is 14.9 Å². The lowest BCUT2D eigenvalue weighted by atomic mass is 9.95. The standard InChI is InChI=1S/C18H23N3O/c1-15(17-5-3-2-4-6-17)21-11-7-16(8-12-21)14-22-18-13-19-9-10-20-18/h2-6,9-10,13,15-16H,7-8,11-12,14H2,1H3. The van der Waals surface area contributed by atoms with E-state index in [9.17, 15) is 0 Å². The summed E-state index contributed by atoms with van der Waals surface area (Å²) in [7, 11) is 0. The molecule has 1 atom stereocenters. The van der Waals surface area contributed by atoms with Crippen LogP contribution in [0.25, 0.3) is 0 Å². The molecule has 1 aromatic carbocycles. The third-order valence-corrected chi connectivity index (χ3v) is 4.49. The van der Waals surface area contributed by atoms with Crippen LogP contribution in [0, 0.1) is 5.92 Å². The number of hydrogen-bond donors (Lipinski definition) is 0. The molecule has 1 aliphatic rings. The minimum atomic E-state index is 0.489. The summed E-state index contributed by atoms with van der Waals surface area (Å²) in [5.41, 5.74) is 1.40. The van der Waals surface area contributed by atoms with Crippen molar-refractivity contribution in [3.05, 3.63) is 54.5 Å². The van der Waals surface area contributed by atoms with Gasteiger partial charge in [-0.1, -0.05) is 30.3 Å². The van der Waals surface area contributed by atoms with E-state index in [1.807, 2.05) is 0 Å². The Morgan fingerprint density at radius 1 is 1.18 bits per heavy atom. The normalized spacial score (nSPS) is 18.0. The predicted molar refractivity (Wildman–Crippen MR) is 86.7 cm³/mol. The lowest BCUT2D eigenvalue weighted by molar-refractivity contribution is 0.111. The third kappa shape index (κ3) is 3.83. The first kappa shape index (κ1) is 15.0. The highest BCUT2D eigenvalue weighted by molar-refractivity contribution is 5.18. The molecule has 0 aliphatic carbocycles. The van der Waals surface area contributed by atoms with E-state index < -0.39 is 0 Å². The van der Waals surface area contributed by atoms with Crippen molar-refractivity contribution in [1.29, 1.82) is 0 Å².